The lowest BCUT2D eigenvalue weighted by molar-refractivity contribution is 0.393. The van der Waals surface area contributed by atoms with Crippen LogP contribution in [0.15, 0.2) is 42.5 Å². The third-order valence-corrected chi connectivity index (χ3v) is 3.50. The van der Waals surface area contributed by atoms with Gasteiger partial charge in [-0.05, 0) is 35.7 Å². The number of hydrogen-bond donors (Lipinski definition) is 0. The van der Waals surface area contributed by atoms with Crippen LogP contribution in [0.5, 0.6) is 11.5 Å². The molecule has 0 aromatic heterocycles. The predicted octanol–water partition coefficient (Wildman–Crippen LogP) is 4.37. The van der Waals surface area contributed by atoms with Gasteiger partial charge in [0.1, 0.15) is 17.3 Å². The van der Waals surface area contributed by atoms with E-state index in [9.17, 15) is 4.39 Å². The molecule has 2 aromatic carbocycles. The summed E-state index contributed by atoms with van der Waals surface area (Å²) in [6.45, 7) is 0. The molecule has 0 heterocycles. The summed E-state index contributed by atoms with van der Waals surface area (Å²) in [5.74, 6) is 1.09. The first-order valence-corrected chi connectivity index (χ1v) is 6.68. The van der Waals surface area contributed by atoms with Crippen molar-refractivity contribution in [3.05, 3.63) is 59.4 Å². The molecule has 0 radical (unpaired) electrons. The van der Waals surface area contributed by atoms with Crippen molar-refractivity contribution in [2.45, 2.75) is 11.8 Å². The molecule has 0 aliphatic carbocycles. The second-order valence-corrected chi connectivity index (χ2v) is 4.94. The average Bonchev–Trinajstić information content (AvgIpc) is 2.48. The summed E-state index contributed by atoms with van der Waals surface area (Å²) < 4.78 is 24.1. The van der Waals surface area contributed by atoms with Gasteiger partial charge in [-0.15, -0.1) is 11.6 Å². The van der Waals surface area contributed by atoms with Crippen molar-refractivity contribution in [3.63, 3.8) is 0 Å². The number of benzene rings is 2. The van der Waals surface area contributed by atoms with E-state index in [4.69, 9.17) is 21.1 Å². The lowest BCUT2D eigenvalue weighted by Gasteiger charge is -2.13. The Labute approximate surface area is 123 Å². The van der Waals surface area contributed by atoms with E-state index in [2.05, 4.69) is 0 Å². The van der Waals surface area contributed by atoms with E-state index in [0.717, 1.165) is 5.56 Å². The molecule has 0 aliphatic heterocycles. The van der Waals surface area contributed by atoms with Crippen LogP contribution >= 0.6 is 11.6 Å². The zero-order valence-electron chi connectivity index (χ0n) is 11.4. The zero-order valence-corrected chi connectivity index (χ0v) is 12.2. The second-order valence-electron chi connectivity index (χ2n) is 4.41. The van der Waals surface area contributed by atoms with Gasteiger partial charge >= 0.3 is 0 Å². The minimum atomic E-state index is -0.351. The van der Waals surface area contributed by atoms with E-state index in [1.165, 1.54) is 6.07 Å². The average molecular weight is 295 g/mol. The van der Waals surface area contributed by atoms with Crippen LogP contribution in [0.1, 0.15) is 16.5 Å². The van der Waals surface area contributed by atoms with E-state index in [1.54, 1.807) is 38.5 Å². The lowest BCUT2D eigenvalue weighted by atomic mass is 10.0. The molecule has 20 heavy (non-hydrogen) atoms. The third-order valence-electron chi connectivity index (χ3n) is 3.09. The fourth-order valence-corrected chi connectivity index (χ4v) is 2.28. The monoisotopic (exact) mass is 294 g/mol. The van der Waals surface area contributed by atoms with Crippen molar-refractivity contribution in [1.29, 1.82) is 0 Å². The molecule has 2 nitrogen and oxygen atoms in total. The first kappa shape index (κ1) is 14.7. The minimum Gasteiger partial charge on any atom is -0.497 e. The van der Waals surface area contributed by atoms with Gasteiger partial charge < -0.3 is 9.47 Å². The highest BCUT2D eigenvalue weighted by atomic mass is 35.5. The summed E-state index contributed by atoms with van der Waals surface area (Å²) in [7, 11) is 3.16. The van der Waals surface area contributed by atoms with Gasteiger partial charge in [-0.25, -0.2) is 4.39 Å². The second kappa shape index (κ2) is 6.62. The van der Waals surface area contributed by atoms with E-state index in [0.29, 0.717) is 23.5 Å². The van der Waals surface area contributed by atoms with Crippen LogP contribution in [-0.2, 0) is 6.42 Å². The van der Waals surface area contributed by atoms with Crippen molar-refractivity contribution >= 4 is 11.6 Å². The fourth-order valence-electron chi connectivity index (χ4n) is 1.99. The van der Waals surface area contributed by atoms with E-state index in [-0.39, 0.29) is 11.2 Å². The SMILES string of the molecule is COc1cc(OC)cc(C(Cl)Cc2ccccc2F)c1. The Morgan fingerprint density at radius 1 is 1.05 bits per heavy atom. The maximum atomic E-state index is 13.6. The molecule has 0 bridgehead atoms. The first-order valence-electron chi connectivity index (χ1n) is 6.24. The van der Waals surface area contributed by atoms with Crippen LogP contribution in [0.25, 0.3) is 0 Å². The van der Waals surface area contributed by atoms with E-state index < -0.39 is 0 Å². The molecule has 0 N–H and O–H groups in total. The number of methoxy groups -OCH3 is 2. The van der Waals surface area contributed by atoms with Crippen LogP contribution in [0.3, 0.4) is 0 Å². The Morgan fingerprint density at radius 2 is 1.65 bits per heavy atom. The molecule has 2 aromatic rings. The van der Waals surface area contributed by atoms with Crippen molar-refractivity contribution < 1.29 is 13.9 Å². The summed E-state index contributed by atoms with van der Waals surface area (Å²) in [6.07, 6.45) is 0.407. The standard InChI is InChI=1S/C16H16ClFO2/c1-19-13-7-12(8-14(10-13)20-2)15(17)9-11-5-3-4-6-16(11)18/h3-8,10,15H,9H2,1-2H3. The Kier molecular flexibility index (Phi) is 4.85. The molecule has 0 aliphatic rings. The van der Waals surface area contributed by atoms with E-state index >= 15 is 0 Å². The molecule has 106 valence electrons. The highest BCUT2D eigenvalue weighted by molar-refractivity contribution is 6.21. The highest BCUT2D eigenvalue weighted by Gasteiger charge is 2.14. The topological polar surface area (TPSA) is 18.5 Å². The highest BCUT2D eigenvalue weighted by Crippen LogP contribution is 2.32. The summed E-state index contributed by atoms with van der Waals surface area (Å²) >= 11 is 6.39. The number of rotatable bonds is 5. The molecule has 0 saturated heterocycles. The Bertz CT molecular complexity index is 564. The number of alkyl halides is 1. The molecule has 0 fully saturated rings. The Hall–Kier alpha value is -1.74. The molecule has 0 spiro atoms. The van der Waals surface area contributed by atoms with Crippen LogP contribution in [-0.4, -0.2) is 14.2 Å². The minimum absolute atomic E-state index is 0.243. The summed E-state index contributed by atoms with van der Waals surface area (Å²) in [6, 6.07) is 12.1. The van der Waals surface area contributed by atoms with E-state index in [1.807, 2.05) is 12.1 Å². The van der Waals surface area contributed by atoms with Crippen LogP contribution in [0.4, 0.5) is 4.39 Å². The van der Waals surface area contributed by atoms with Crippen LogP contribution in [0.2, 0.25) is 0 Å². The maximum Gasteiger partial charge on any atom is 0.126 e. The summed E-state index contributed by atoms with van der Waals surface area (Å²) in [5, 5.41) is -0.351. The molecule has 1 atom stereocenters. The lowest BCUT2D eigenvalue weighted by Crippen LogP contribution is -2.00. The smallest absolute Gasteiger partial charge is 0.126 e. The Balaban J connectivity index is 2.24. The number of halogens is 2. The van der Waals surface area contributed by atoms with Gasteiger partial charge in [-0.2, -0.15) is 0 Å². The zero-order chi connectivity index (χ0) is 14.5. The molecule has 2 rings (SSSR count). The molecule has 0 saturated carbocycles. The van der Waals surface area contributed by atoms with Gasteiger partial charge in [0.25, 0.3) is 0 Å². The summed E-state index contributed by atoms with van der Waals surface area (Å²) in [5.41, 5.74) is 1.43. The van der Waals surface area contributed by atoms with Gasteiger partial charge in [0, 0.05) is 6.07 Å². The predicted molar refractivity (Wildman–Crippen MR) is 78.2 cm³/mol. The van der Waals surface area contributed by atoms with Crippen molar-refractivity contribution in [3.8, 4) is 11.5 Å². The third kappa shape index (κ3) is 3.42. The Morgan fingerprint density at radius 3 is 2.20 bits per heavy atom. The number of hydrogen-bond acceptors (Lipinski definition) is 2. The van der Waals surface area contributed by atoms with Gasteiger partial charge in [0.2, 0.25) is 0 Å². The van der Waals surface area contributed by atoms with Crippen molar-refractivity contribution in [1.82, 2.24) is 0 Å². The van der Waals surface area contributed by atoms with Gasteiger partial charge in [0.15, 0.2) is 0 Å². The van der Waals surface area contributed by atoms with Gasteiger partial charge in [0.05, 0.1) is 19.6 Å². The van der Waals surface area contributed by atoms with Crippen molar-refractivity contribution in [2.75, 3.05) is 14.2 Å². The molecule has 4 heteroatoms. The van der Waals surface area contributed by atoms with Crippen molar-refractivity contribution in [2.24, 2.45) is 0 Å². The first-order chi connectivity index (χ1) is 9.63. The largest absolute Gasteiger partial charge is 0.497 e. The maximum absolute atomic E-state index is 13.6. The molecular weight excluding hydrogens is 279 g/mol. The van der Waals surface area contributed by atoms with Gasteiger partial charge in [-0.1, -0.05) is 18.2 Å². The number of ether oxygens (including phenoxy) is 2. The summed E-state index contributed by atoms with van der Waals surface area (Å²) in [4.78, 5) is 0. The molecular formula is C16H16ClFO2. The van der Waals surface area contributed by atoms with Crippen LogP contribution < -0.4 is 9.47 Å². The van der Waals surface area contributed by atoms with Crippen LogP contribution in [0, 0.1) is 5.82 Å². The molecule has 0 amide bonds. The molecule has 1 unspecified atom stereocenters. The normalized spacial score (nSPS) is 12.0. The fraction of sp³-hybridized carbons (Fsp3) is 0.250. The van der Waals surface area contributed by atoms with Gasteiger partial charge in [-0.3, -0.25) is 0 Å². The quantitative estimate of drug-likeness (QED) is 0.763.